The Labute approximate surface area is 161 Å². The second-order valence-corrected chi connectivity index (χ2v) is 9.97. The lowest BCUT2D eigenvalue weighted by Gasteiger charge is -2.59. The Hall–Kier alpha value is -1.79. The Morgan fingerprint density at radius 2 is 1.93 bits per heavy atom. The van der Waals surface area contributed by atoms with E-state index in [2.05, 4.69) is 10.3 Å². The minimum atomic E-state index is -0.641. The van der Waals surface area contributed by atoms with Gasteiger partial charge in [0.1, 0.15) is 5.82 Å². The number of carbonyl (C=O) groups is 1. The standard InChI is InChI=1S/C21H23FN2O2S/c22-16-3-1-13(2-4-16)6-17-11-23-19(27-17)24-18(25)20-7-14-5-15(8-20)10-21(26,9-14)12-20/h1-4,11,14-15,26H,5-10,12H2,(H,23,24,25)/t14-,15-,20?,21?/m0/s1. The van der Waals surface area contributed by atoms with E-state index in [1.54, 1.807) is 18.3 Å². The molecular formula is C21H23FN2O2S. The van der Waals surface area contributed by atoms with E-state index < -0.39 is 11.0 Å². The van der Waals surface area contributed by atoms with E-state index in [9.17, 15) is 14.3 Å². The van der Waals surface area contributed by atoms with Gasteiger partial charge in [0.05, 0.1) is 11.0 Å². The average Bonchev–Trinajstić information content (AvgIpc) is 3.02. The van der Waals surface area contributed by atoms with Crippen LogP contribution in [0.3, 0.4) is 0 Å². The van der Waals surface area contributed by atoms with E-state index in [1.165, 1.54) is 23.5 Å². The van der Waals surface area contributed by atoms with Crippen molar-refractivity contribution in [2.75, 3.05) is 5.32 Å². The Bertz CT molecular complexity index is 865. The molecule has 27 heavy (non-hydrogen) atoms. The summed E-state index contributed by atoms with van der Waals surface area (Å²) in [6.07, 6.45) is 7.70. The van der Waals surface area contributed by atoms with Crippen LogP contribution in [0.15, 0.2) is 30.5 Å². The summed E-state index contributed by atoms with van der Waals surface area (Å²) in [7, 11) is 0. The fraction of sp³-hybridized carbons (Fsp3) is 0.524. The molecule has 4 aliphatic rings. The molecule has 142 valence electrons. The first-order valence-corrected chi connectivity index (χ1v) is 10.5. The first-order chi connectivity index (χ1) is 12.9. The SMILES string of the molecule is O=C(Nc1ncc(Cc2ccc(F)cc2)s1)C12C[C@@H]3C[C@H](CC(O)(C3)C1)C2. The predicted octanol–water partition coefficient (Wildman–Crippen LogP) is 4.14. The maximum atomic E-state index is 13.1. The van der Waals surface area contributed by atoms with Crippen molar-refractivity contribution in [3.8, 4) is 0 Å². The number of hydrogen-bond donors (Lipinski definition) is 2. The lowest BCUT2D eigenvalue weighted by atomic mass is 9.47. The topological polar surface area (TPSA) is 62.2 Å². The Balaban J connectivity index is 1.29. The number of rotatable bonds is 4. The molecule has 2 atom stereocenters. The highest BCUT2D eigenvalue weighted by Gasteiger charge is 2.60. The summed E-state index contributed by atoms with van der Waals surface area (Å²) in [4.78, 5) is 18.5. The van der Waals surface area contributed by atoms with Gasteiger partial charge in [-0.25, -0.2) is 9.37 Å². The maximum absolute atomic E-state index is 13.1. The molecule has 4 bridgehead atoms. The van der Waals surface area contributed by atoms with Gasteiger partial charge >= 0.3 is 0 Å². The van der Waals surface area contributed by atoms with Crippen molar-refractivity contribution in [2.24, 2.45) is 17.3 Å². The number of carbonyl (C=O) groups excluding carboxylic acids is 1. The number of aromatic nitrogens is 1. The molecule has 0 spiro atoms. The van der Waals surface area contributed by atoms with Gasteiger partial charge in [0.15, 0.2) is 5.13 Å². The van der Waals surface area contributed by atoms with Crippen LogP contribution in [0.1, 0.15) is 49.0 Å². The molecule has 1 heterocycles. The van der Waals surface area contributed by atoms with Crippen LogP contribution in [-0.4, -0.2) is 21.6 Å². The van der Waals surface area contributed by atoms with Crippen molar-refractivity contribution in [1.29, 1.82) is 0 Å². The molecule has 2 aromatic rings. The number of amides is 1. The van der Waals surface area contributed by atoms with E-state index in [0.29, 0.717) is 29.8 Å². The van der Waals surface area contributed by atoms with Crippen LogP contribution in [0.2, 0.25) is 0 Å². The molecule has 2 N–H and O–H groups in total. The highest BCUT2D eigenvalue weighted by atomic mass is 32.1. The molecule has 0 saturated heterocycles. The molecule has 0 radical (unpaired) electrons. The predicted molar refractivity (Wildman–Crippen MR) is 102 cm³/mol. The zero-order valence-corrected chi connectivity index (χ0v) is 15.9. The number of anilines is 1. The van der Waals surface area contributed by atoms with Crippen molar-refractivity contribution < 1.29 is 14.3 Å². The average molecular weight is 386 g/mol. The second-order valence-electron chi connectivity index (χ2n) is 8.85. The third-order valence-corrected chi connectivity index (χ3v) is 7.49. The van der Waals surface area contributed by atoms with Crippen LogP contribution in [-0.2, 0) is 11.2 Å². The number of thiazole rings is 1. The summed E-state index contributed by atoms with van der Waals surface area (Å²) in [5.74, 6) is 0.741. The zero-order valence-electron chi connectivity index (χ0n) is 15.1. The third-order valence-electron chi connectivity index (χ3n) is 6.58. The lowest BCUT2D eigenvalue weighted by Crippen LogP contribution is -2.59. The molecular weight excluding hydrogens is 363 g/mol. The number of nitrogens with zero attached hydrogens (tertiary/aromatic N) is 1. The number of hydrogen-bond acceptors (Lipinski definition) is 4. The van der Waals surface area contributed by atoms with E-state index in [1.807, 2.05) is 0 Å². The first-order valence-electron chi connectivity index (χ1n) is 9.64. The Morgan fingerprint density at radius 1 is 1.22 bits per heavy atom. The minimum absolute atomic E-state index is 0.0257. The van der Waals surface area contributed by atoms with Gasteiger partial charge in [-0.15, -0.1) is 11.3 Å². The molecule has 0 unspecified atom stereocenters. The summed E-state index contributed by atoms with van der Waals surface area (Å²) in [6, 6.07) is 6.44. The molecule has 4 saturated carbocycles. The fourth-order valence-electron chi connectivity index (χ4n) is 5.96. The van der Waals surface area contributed by atoms with Crippen molar-refractivity contribution >= 4 is 22.4 Å². The lowest BCUT2D eigenvalue weighted by molar-refractivity contribution is -0.174. The number of halogens is 1. The van der Waals surface area contributed by atoms with E-state index in [0.717, 1.165) is 42.5 Å². The van der Waals surface area contributed by atoms with Crippen LogP contribution in [0.4, 0.5) is 9.52 Å². The highest BCUT2D eigenvalue weighted by molar-refractivity contribution is 7.15. The molecule has 1 amide bonds. The van der Waals surface area contributed by atoms with Gasteiger partial charge in [-0.3, -0.25) is 4.79 Å². The summed E-state index contributed by atoms with van der Waals surface area (Å²) in [5.41, 5.74) is -0.0547. The van der Waals surface area contributed by atoms with Crippen molar-refractivity contribution in [3.05, 3.63) is 46.7 Å². The zero-order chi connectivity index (χ0) is 18.6. The molecule has 1 aromatic carbocycles. The molecule has 4 aliphatic carbocycles. The quantitative estimate of drug-likeness (QED) is 0.830. The van der Waals surface area contributed by atoms with Crippen LogP contribution in [0.25, 0.3) is 0 Å². The summed E-state index contributed by atoms with van der Waals surface area (Å²) in [5, 5.41) is 14.5. The normalized spacial score (nSPS) is 34.0. The van der Waals surface area contributed by atoms with Crippen LogP contribution in [0, 0.1) is 23.1 Å². The van der Waals surface area contributed by atoms with Crippen LogP contribution < -0.4 is 5.32 Å². The monoisotopic (exact) mass is 386 g/mol. The Kier molecular flexibility index (Phi) is 3.92. The van der Waals surface area contributed by atoms with Gasteiger partial charge in [0.25, 0.3) is 0 Å². The van der Waals surface area contributed by atoms with E-state index in [-0.39, 0.29) is 11.7 Å². The number of aliphatic hydroxyl groups is 1. The fourth-order valence-corrected chi connectivity index (χ4v) is 6.80. The summed E-state index contributed by atoms with van der Waals surface area (Å²) < 4.78 is 13.0. The number of nitrogens with one attached hydrogen (secondary N) is 1. The van der Waals surface area contributed by atoms with Gasteiger partial charge in [0.2, 0.25) is 5.91 Å². The minimum Gasteiger partial charge on any atom is -0.390 e. The van der Waals surface area contributed by atoms with Crippen LogP contribution >= 0.6 is 11.3 Å². The van der Waals surface area contributed by atoms with E-state index in [4.69, 9.17) is 0 Å². The molecule has 1 aromatic heterocycles. The van der Waals surface area contributed by atoms with Gasteiger partial charge in [-0.05, 0) is 68.1 Å². The van der Waals surface area contributed by atoms with Crippen LogP contribution in [0.5, 0.6) is 0 Å². The van der Waals surface area contributed by atoms with Gasteiger partial charge in [-0.1, -0.05) is 12.1 Å². The van der Waals surface area contributed by atoms with Crippen molar-refractivity contribution in [2.45, 2.75) is 50.5 Å². The second kappa shape index (κ2) is 6.11. The van der Waals surface area contributed by atoms with E-state index >= 15 is 0 Å². The Morgan fingerprint density at radius 3 is 2.59 bits per heavy atom. The molecule has 6 rings (SSSR count). The third kappa shape index (κ3) is 3.19. The molecule has 0 aliphatic heterocycles. The van der Waals surface area contributed by atoms with Gasteiger partial charge < -0.3 is 10.4 Å². The maximum Gasteiger partial charge on any atom is 0.232 e. The first kappa shape index (κ1) is 17.3. The largest absolute Gasteiger partial charge is 0.390 e. The molecule has 4 nitrogen and oxygen atoms in total. The molecule has 6 heteroatoms. The van der Waals surface area contributed by atoms with Gasteiger partial charge in [0, 0.05) is 17.5 Å². The van der Waals surface area contributed by atoms with Crippen molar-refractivity contribution in [3.63, 3.8) is 0 Å². The summed E-state index contributed by atoms with van der Waals surface area (Å²) in [6.45, 7) is 0. The highest BCUT2D eigenvalue weighted by Crippen LogP contribution is 2.61. The molecule has 4 fully saturated rings. The van der Waals surface area contributed by atoms with Gasteiger partial charge in [-0.2, -0.15) is 0 Å². The number of benzene rings is 1. The summed E-state index contributed by atoms with van der Waals surface area (Å²) >= 11 is 1.46. The van der Waals surface area contributed by atoms with Crippen molar-refractivity contribution in [1.82, 2.24) is 4.98 Å². The smallest absolute Gasteiger partial charge is 0.232 e.